The van der Waals surface area contributed by atoms with E-state index in [1.54, 1.807) is 6.20 Å². The van der Waals surface area contributed by atoms with Crippen LogP contribution in [0.5, 0.6) is 0 Å². The van der Waals surface area contributed by atoms with E-state index in [4.69, 9.17) is 0 Å². The molecule has 1 aromatic heterocycles. The van der Waals surface area contributed by atoms with Gasteiger partial charge in [0.15, 0.2) is 0 Å². The number of carbonyl (C=O) groups is 1. The molecule has 1 aromatic rings. The largest absolute Gasteiger partial charge is 0.355 e. The monoisotopic (exact) mass is 338 g/mol. The van der Waals surface area contributed by atoms with Crippen LogP contribution in [0.15, 0.2) is 16.9 Å². The average molecular weight is 339 g/mol. The number of nitrogens with one attached hydrogen (secondary N) is 1. The molecule has 0 aromatic carbocycles. The quantitative estimate of drug-likeness (QED) is 0.810. The van der Waals surface area contributed by atoms with Crippen LogP contribution in [0.25, 0.3) is 0 Å². The topological polar surface area (TPSA) is 70.7 Å². The van der Waals surface area contributed by atoms with Crippen molar-refractivity contribution in [1.29, 1.82) is 5.26 Å². The van der Waals surface area contributed by atoms with E-state index in [1.165, 1.54) is 0 Å². The van der Waals surface area contributed by atoms with Crippen molar-refractivity contribution >= 4 is 21.8 Å². The number of hydrogen-bond donors (Lipinski definition) is 1. The van der Waals surface area contributed by atoms with Crippen molar-refractivity contribution in [3.63, 3.8) is 0 Å². The molecule has 0 spiro atoms. The van der Waals surface area contributed by atoms with E-state index < -0.39 is 5.41 Å². The Kier molecular flexibility index (Phi) is 5.18. The molecule has 1 fully saturated rings. The summed E-state index contributed by atoms with van der Waals surface area (Å²) in [6, 6.07) is 2.22. The van der Waals surface area contributed by atoms with E-state index in [9.17, 15) is 10.1 Å². The number of carbonyl (C=O) groups excluding carboxylic acids is 1. The van der Waals surface area contributed by atoms with Crippen molar-refractivity contribution < 1.29 is 4.79 Å². The van der Waals surface area contributed by atoms with Crippen molar-refractivity contribution in [2.45, 2.75) is 45.1 Å². The van der Waals surface area contributed by atoms with Gasteiger partial charge < -0.3 is 5.32 Å². The molecule has 20 heavy (non-hydrogen) atoms. The van der Waals surface area contributed by atoms with Crippen LogP contribution in [-0.4, -0.2) is 22.2 Å². The van der Waals surface area contributed by atoms with Gasteiger partial charge in [-0.15, -0.1) is 0 Å². The van der Waals surface area contributed by atoms with Crippen LogP contribution in [0.2, 0.25) is 0 Å². The molecule has 1 aliphatic rings. The summed E-state index contributed by atoms with van der Waals surface area (Å²) in [5.41, 5.74) is -0.757. The van der Waals surface area contributed by atoms with Crippen LogP contribution in [0.4, 0.5) is 0 Å². The molecule has 1 amide bonds. The Bertz CT molecular complexity index is 500. The Morgan fingerprint density at radius 2 is 2.25 bits per heavy atom. The molecule has 1 aliphatic carbocycles. The second kappa shape index (κ2) is 6.89. The molecule has 108 valence electrons. The highest BCUT2D eigenvalue weighted by Crippen LogP contribution is 2.37. The van der Waals surface area contributed by atoms with Crippen LogP contribution in [-0.2, 0) is 11.3 Å². The highest BCUT2D eigenvalue weighted by atomic mass is 79.9. The molecule has 0 saturated heterocycles. The minimum absolute atomic E-state index is 0.0840. The van der Waals surface area contributed by atoms with E-state index in [2.05, 4.69) is 32.4 Å². The summed E-state index contributed by atoms with van der Waals surface area (Å²) in [5.74, 6) is -0.0840. The SMILES string of the molecule is N#CC1(C(=O)NCCCCn2cc(Br)cn2)CCCC1. The lowest BCUT2D eigenvalue weighted by atomic mass is 9.87. The van der Waals surface area contributed by atoms with Crippen molar-refractivity contribution in [2.24, 2.45) is 5.41 Å². The fraction of sp³-hybridized carbons (Fsp3) is 0.643. The second-order valence-corrected chi connectivity index (χ2v) is 6.20. The van der Waals surface area contributed by atoms with Gasteiger partial charge in [-0.2, -0.15) is 10.4 Å². The Balaban J connectivity index is 1.66. The van der Waals surface area contributed by atoms with E-state index in [-0.39, 0.29) is 5.91 Å². The number of unbranched alkanes of at least 4 members (excludes halogenated alkanes) is 1. The van der Waals surface area contributed by atoms with Gasteiger partial charge in [0.2, 0.25) is 5.91 Å². The zero-order chi connectivity index (χ0) is 14.4. The lowest BCUT2D eigenvalue weighted by molar-refractivity contribution is -0.127. The number of aromatic nitrogens is 2. The third kappa shape index (κ3) is 3.60. The van der Waals surface area contributed by atoms with Crippen LogP contribution in [0.1, 0.15) is 38.5 Å². The van der Waals surface area contributed by atoms with Gasteiger partial charge in [0.1, 0.15) is 5.41 Å². The number of aryl methyl sites for hydroxylation is 1. The van der Waals surface area contributed by atoms with E-state index in [0.717, 1.165) is 36.7 Å². The molecule has 1 saturated carbocycles. The predicted octanol–water partition coefficient (Wildman–Crippen LogP) is 2.63. The van der Waals surface area contributed by atoms with Crippen molar-refractivity contribution in [2.75, 3.05) is 6.54 Å². The molecule has 2 rings (SSSR count). The molecular formula is C14H19BrN4O. The lowest BCUT2D eigenvalue weighted by Crippen LogP contribution is -2.38. The van der Waals surface area contributed by atoms with E-state index >= 15 is 0 Å². The third-order valence-electron chi connectivity index (χ3n) is 3.81. The highest BCUT2D eigenvalue weighted by molar-refractivity contribution is 9.10. The number of hydrogen-bond acceptors (Lipinski definition) is 3. The first kappa shape index (κ1) is 15.0. The number of halogens is 1. The highest BCUT2D eigenvalue weighted by Gasteiger charge is 2.41. The Morgan fingerprint density at radius 3 is 2.85 bits per heavy atom. The van der Waals surface area contributed by atoms with Crippen LogP contribution in [0, 0.1) is 16.7 Å². The van der Waals surface area contributed by atoms with Crippen LogP contribution in [0.3, 0.4) is 0 Å². The Morgan fingerprint density at radius 1 is 1.50 bits per heavy atom. The van der Waals surface area contributed by atoms with Crippen molar-refractivity contribution in [1.82, 2.24) is 15.1 Å². The first-order chi connectivity index (χ1) is 9.66. The summed E-state index contributed by atoms with van der Waals surface area (Å²) in [7, 11) is 0. The molecule has 0 bridgehead atoms. The van der Waals surface area contributed by atoms with Gasteiger partial charge in [-0.25, -0.2) is 0 Å². The zero-order valence-corrected chi connectivity index (χ0v) is 13.0. The maximum Gasteiger partial charge on any atom is 0.240 e. The van der Waals surface area contributed by atoms with Gasteiger partial charge in [-0.05, 0) is 41.6 Å². The van der Waals surface area contributed by atoms with Crippen LogP contribution >= 0.6 is 15.9 Å². The molecule has 5 nitrogen and oxygen atoms in total. The molecule has 1 N–H and O–H groups in total. The van der Waals surface area contributed by atoms with Crippen molar-refractivity contribution in [3.8, 4) is 6.07 Å². The lowest BCUT2D eigenvalue weighted by Gasteiger charge is -2.19. The summed E-state index contributed by atoms with van der Waals surface area (Å²) in [6.45, 7) is 1.47. The van der Waals surface area contributed by atoms with Gasteiger partial charge >= 0.3 is 0 Å². The second-order valence-electron chi connectivity index (χ2n) is 5.29. The van der Waals surface area contributed by atoms with Gasteiger partial charge in [0, 0.05) is 19.3 Å². The summed E-state index contributed by atoms with van der Waals surface area (Å²) < 4.78 is 2.85. The van der Waals surface area contributed by atoms with E-state index in [0.29, 0.717) is 19.4 Å². The zero-order valence-electron chi connectivity index (χ0n) is 11.4. The summed E-state index contributed by atoms with van der Waals surface area (Å²) in [6.07, 6.45) is 8.91. The van der Waals surface area contributed by atoms with Crippen molar-refractivity contribution in [3.05, 3.63) is 16.9 Å². The number of amides is 1. The standard InChI is InChI=1S/C14H19BrN4O/c15-12-9-18-19(10-12)8-4-3-7-17-13(20)14(11-16)5-1-2-6-14/h9-10H,1-8H2,(H,17,20). The predicted molar refractivity (Wildman–Crippen MR) is 78.7 cm³/mol. The average Bonchev–Trinajstić information content (AvgIpc) is 3.08. The summed E-state index contributed by atoms with van der Waals surface area (Å²) in [4.78, 5) is 12.1. The molecule has 0 atom stereocenters. The fourth-order valence-corrected chi connectivity index (χ4v) is 2.93. The van der Waals surface area contributed by atoms with Gasteiger partial charge in [-0.1, -0.05) is 12.8 Å². The maximum absolute atomic E-state index is 12.1. The number of rotatable bonds is 6. The van der Waals surface area contributed by atoms with Crippen LogP contribution < -0.4 is 5.32 Å². The number of nitriles is 1. The minimum Gasteiger partial charge on any atom is -0.355 e. The molecule has 1 heterocycles. The smallest absolute Gasteiger partial charge is 0.240 e. The number of nitrogens with zero attached hydrogens (tertiary/aromatic N) is 3. The minimum atomic E-state index is -0.757. The van der Waals surface area contributed by atoms with Gasteiger partial charge in [0.25, 0.3) is 0 Å². The third-order valence-corrected chi connectivity index (χ3v) is 4.22. The summed E-state index contributed by atoms with van der Waals surface area (Å²) in [5, 5.41) is 16.3. The Labute approximate surface area is 127 Å². The molecule has 0 radical (unpaired) electrons. The molecular weight excluding hydrogens is 320 g/mol. The molecule has 0 aliphatic heterocycles. The first-order valence-corrected chi connectivity index (χ1v) is 7.83. The summed E-state index contributed by atoms with van der Waals surface area (Å²) >= 11 is 3.35. The van der Waals surface area contributed by atoms with Gasteiger partial charge in [-0.3, -0.25) is 9.48 Å². The fourth-order valence-electron chi connectivity index (χ4n) is 2.60. The molecule has 0 unspecified atom stereocenters. The maximum atomic E-state index is 12.1. The normalized spacial score (nSPS) is 16.8. The molecule has 6 heteroatoms. The van der Waals surface area contributed by atoms with Gasteiger partial charge in [0.05, 0.1) is 16.7 Å². The Hall–Kier alpha value is -1.35. The van der Waals surface area contributed by atoms with E-state index in [1.807, 2.05) is 10.9 Å². The first-order valence-electron chi connectivity index (χ1n) is 7.04.